The minimum atomic E-state index is -0.776. The summed E-state index contributed by atoms with van der Waals surface area (Å²) in [7, 11) is 1.38. The molecule has 9 heteroatoms. The molecule has 0 bridgehead atoms. The van der Waals surface area contributed by atoms with Crippen LogP contribution < -0.4 is 10.2 Å². The summed E-state index contributed by atoms with van der Waals surface area (Å²) < 4.78 is 7.24. The molecule has 1 aliphatic heterocycles. The number of aliphatic carboxylic acids is 1. The van der Waals surface area contributed by atoms with Crippen molar-refractivity contribution in [2.45, 2.75) is 70.5 Å². The van der Waals surface area contributed by atoms with E-state index in [0.717, 1.165) is 53.5 Å². The number of carbonyl (C=O) groups is 3. The Balaban J connectivity index is 1.74. The van der Waals surface area contributed by atoms with Gasteiger partial charge in [-0.15, -0.1) is 0 Å². The fourth-order valence-electron chi connectivity index (χ4n) is 6.15. The maximum absolute atomic E-state index is 12.7. The van der Waals surface area contributed by atoms with Crippen molar-refractivity contribution in [3.63, 3.8) is 0 Å². The summed E-state index contributed by atoms with van der Waals surface area (Å²) in [5, 5.41) is 12.9. The van der Waals surface area contributed by atoms with Crippen LogP contribution in [-0.2, 0) is 20.7 Å². The van der Waals surface area contributed by atoms with E-state index in [1.165, 1.54) is 14.0 Å². The fraction of sp³-hybridized carbons (Fsp3) is 0.448. The summed E-state index contributed by atoms with van der Waals surface area (Å²) in [6.07, 6.45) is 3.88. The Labute approximate surface area is 221 Å². The van der Waals surface area contributed by atoms with Gasteiger partial charge in [-0.05, 0) is 56.7 Å². The van der Waals surface area contributed by atoms with Crippen LogP contribution in [-0.4, -0.2) is 45.8 Å². The number of carboxylic acid groups (broad SMARTS) is 1. The molecule has 1 aliphatic carbocycles. The summed E-state index contributed by atoms with van der Waals surface area (Å²) in [5.74, 6) is -0.711. The van der Waals surface area contributed by atoms with E-state index in [-0.39, 0.29) is 18.0 Å². The molecular formula is C29H34N4O5. The zero-order valence-corrected chi connectivity index (χ0v) is 22.0. The molecule has 0 spiro atoms. The van der Waals surface area contributed by atoms with Crippen molar-refractivity contribution >= 4 is 34.7 Å². The van der Waals surface area contributed by atoms with E-state index in [9.17, 15) is 19.5 Å². The first-order valence-corrected chi connectivity index (χ1v) is 13.3. The van der Waals surface area contributed by atoms with Gasteiger partial charge >= 0.3 is 12.1 Å². The number of rotatable bonds is 5. The molecule has 1 fully saturated rings. The topological polar surface area (TPSA) is 114 Å². The number of anilines is 1. The number of carboxylic acids is 1. The molecule has 2 N–H and O–H groups in total. The van der Waals surface area contributed by atoms with Crippen LogP contribution >= 0.6 is 0 Å². The second-order valence-electron chi connectivity index (χ2n) is 10.4. The van der Waals surface area contributed by atoms with E-state index in [1.54, 1.807) is 4.90 Å². The number of nitrogens with zero attached hydrogens (tertiary/aromatic N) is 3. The summed E-state index contributed by atoms with van der Waals surface area (Å²) in [4.78, 5) is 43.9. The largest absolute Gasteiger partial charge is 0.481 e. The molecule has 2 amide bonds. The Hall–Kier alpha value is -3.88. The van der Waals surface area contributed by atoms with Gasteiger partial charge in [0.05, 0.1) is 29.7 Å². The summed E-state index contributed by atoms with van der Waals surface area (Å²) in [6, 6.07) is 13.0. The van der Waals surface area contributed by atoms with Crippen molar-refractivity contribution in [3.05, 3.63) is 59.4 Å². The lowest BCUT2D eigenvalue weighted by atomic mass is 9.85. The van der Waals surface area contributed by atoms with Crippen LogP contribution in [0.1, 0.15) is 75.0 Å². The van der Waals surface area contributed by atoms with Gasteiger partial charge in [0.25, 0.3) is 0 Å². The Morgan fingerprint density at radius 3 is 2.55 bits per heavy atom. The van der Waals surface area contributed by atoms with Gasteiger partial charge in [-0.3, -0.25) is 14.5 Å². The number of imidazole rings is 1. The first-order valence-electron chi connectivity index (χ1n) is 13.3. The SMILES string of the molecule is COC(=O)N1c2ccc3c(nc([C@@H](NC(C)=O)c4ccccc4)n3[C@@H]3CCC[C@@H](C(=O)O)C3)c2CCC1C. The molecule has 1 unspecified atom stereocenters. The number of amides is 2. The molecule has 3 aromatic rings. The van der Waals surface area contributed by atoms with Gasteiger partial charge in [-0.2, -0.15) is 0 Å². The van der Waals surface area contributed by atoms with E-state index < -0.39 is 24.0 Å². The summed E-state index contributed by atoms with van der Waals surface area (Å²) in [6.45, 7) is 3.49. The number of nitrogens with one attached hydrogen (secondary N) is 1. The third-order valence-corrected chi connectivity index (χ3v) is 7.95. The van der Waals surface area contributed by atoms with Crippen LogP contribution in [0.4, 0.5) is 10.5 Å². The molecule has 2 aliphatic rings. The fourth-order valence-corrected chi connectivity index (χ4v) is 6.15. The quantitative estimate of drug-likeness (QED) is 0.492. The number of methoxy groups -OCH3 is 1. The number of benzene rings is 2. The normalized spacial score (nSPS) is 22.0. The van der Waals surface area contributed by atoms with E-state index in [4.69, 9.17) is 9.72 Å². The molecule has 2 aromatic carbocycles. The monoisotopic (exact) mass is 518 g/mol. The number of aromatic nitrogens is 2. The van der Waals surface area contributed by atoms with Crippen molar-refractivity contribution < 1.29 is 24.2 Å². The van der Waals surface area contributed by atoms with Crippen molar-refractivity contribution in [1.29, 1.82) is 0 Å². The minimum Gasteiger partial charge on any atom is -0.481 e. The van der Waals surface area contributed by atoms with Crippen LogP contribution in [0.15, 0.2) is 42.5 Å². The van der Waals surface area contributed by atoms with Crippen LogP contribution in [0.3, 0.4) is 0 Å². The molecule has 0 saturated heterocycles. The first-order chi connectivity index (χ1) is 18.3. The molecule has 5 rings (SSSR count). The van der Waals surface area contributed by atoms with Crippen LogP contribution in [0.2, 0.25) is 0 Å². The van der Waals surface area contributed by atoms with E-state index in [1.807, 2.05) is 49.4 Å². The smallest absolute Gasteiger partial charge is 0.414 e. The van der Waals surface area contributed by atoms with Crippen molar-refractivity contribution in [2.75, 3.05) is 12.0 Å². The Morgan fingerprint density at radius 1 is 1.11 bits per heavy atom. The lowest BCUT2D eigenvalue weighted by Gasteiger charge is -2.34. The zero-order valence-electron chi connectivity index (χ0n) is 22.0. The highest BCUT2D eigenvalue weighted by atomic mass is 16.5. The van der Waals surface area contributed by atoms with Gasteiger partial charge < -0.3 is 19.7 Å². The van der Waals surface area contributed by atoms with E-state index in [0.29, 0.717) is 18.7 Å². The molecular weight excluding hydrogens is 484 g/mol. The molecule has 2 heterocycles. The number of hydrogen-bond acceptors (Lipinski definition) is 5. The molecule has 9 nitrogen and oxygen atoms in total. The van der Waals surface area contributed by atoms with E-state index in [2.05, 4.69) is 9.88 Å². The molecule has 1 saturated carbocycles. The maximum Gasteiger partial charge on any atom is 0.414 e. The predicted octanol–water partition coefficient (Wildman–Crippen LogP) is 4.99. The van der Waals surface area contributed by atoms with Crippen molar-refractivity contribution in [3.8, 4) is 0 Å². The van der Waals surface area contributed by atoms with Crippen LogP contribution in [0.25, 0.3) is 11.0 Å². The molecule has 200 valence electrons. The summed E-state index contributed by atoms with van der Waals surface area (Å²) >= 11 is 0. The second-order valence-corrected chi connectivity index (χ2v) is 10.4. The third-order valence-electron chi connectivity index (χ3n) is 7.95. The Bertz CT molecular complexity index is 1370. The van der Waals surface area contributed by atoms with Gasteiger partial charge in [0, 0.05) is 24.6 Å². The van der Waals surface area contributed by atoms with Crippen LogP contribution in [0, 0.1) is 5.92 Å². The predicted molar refractivity (Wildman–Crippen MR) is 143 cm³/mol. The van der Waals surface area contributed by atoms with Crippen molar-refractivity contribution in [1.82, 2.24) is 14.9 Å². The van der Waals surface area contributed by atoms with Crippen molar-refractivity contribution in [2.24, 2.45) is 5.92 Å². The lowest BCUT2D eigenvalue weighted by molar-refractivity contribution is -0.143. The highest BCUT2D eigenvalue weighted by Crippen LogP contribution is 2.42. The van der Waals surface area contributed by atoms with Gasteiger partial charge in [-0.1, -0.05) is 36.8 Å². The van der Waals surface area contributed by atoms with Gasteiger partial charge in [-0.25, -0.2) is 9.78 Å². The number of carbonyl (C=O) groups excluding carboxylic acids is 2. The molecule has 0 radical (unpaired) electrons. The highest BCUT2D eigenvalue weighted by Gasteiger charge is 2.36. The number of ether oxygens (including phenoxy) is 1. The van der Waals surface area contributed by atoms with Gasteiger partial charge in [0.15, 0.2) is 0 Å². The number of hydrogen-bond donors (Lipinski definition) is 2. The van der Waals surface area contributed by atoms with Gasteiger partial charge in [0.1, 0.15) is 11.9 Å². The maximum atomic E-state index is 12.7. The summed E-state index contributed by atoms with van der Waals surface area (Å²) in [5.41, 5.74) is 4.30. The minimum absolute atomic E-state index is 0.0138. The molecule has 38 heavy (non-hydrogen) atoms. The number of aryl methyl sites for hydroxylation is 1. The molecule has 4 atom stereocenters. The average molecular weight is 519 g/mol. The lowest BCUT2D eigenvalue weighted by Crippen LogP contribution is -2.42. The standard InChI is InChI=1S/C29H34N4O5/c1-17-12-13-22-23(32(17)29(37)38-3)14-15-24-26(22)31-27(25(30-18(2)34)19-8-5-4-6-9-19)33(24)21-11-7-10-20(16-21)28(35)36/h4-6,8-9,14-15,17,20-21,25H,7,10-13,16H2,1-3H3,(H,30,34)(H,35,36)/t17?,20-,21-,25+/m1/s1. The van der Waals surface area contributed by atoms with E-state index >= 15 is 0 Å². The zero-order chi connectivity index (χ0) is 27.0. The van der Waals surface area contributed by atoms with Gasteiger partial charge in [0.2, 0.25) is 5.91 Å². The molecule has 1 aromatic heterocycles. The second kappa shape index (κ2) is 10.5. The first kappa shape index (κ1) is 25.8. The highest BCUT2D eigenvalue weighted by molar-refractivity contribution is 5.95. The Morgan fingerprint density at radius 2 is 1.87 bits per heavy atom. The van der Waals surface area contributed by atoms with Crippen LogP contribution in [0.5, 0.6) is 0 Å². The Kier molecular flexibility index (Phi) is 7.10. The number of fused-ring (bicyclic) bond motifs is 3. The third kappa shape index (κ3) is 4.61. The average Bonchev–Trinajstić information content (AvgIpc) is 3.31.